The molecule has 2 aromatic carbocycles. The summed E-state index contributed by atoms with van der Waals surface area (Å²) in [5, 5.41) is 0. The normalized spacial score (nSPS) is 11.1. The molecular formula is C14H13FN2O3S. The summed E-state index contributed by atoms with van der Waals surface area (Å²) in [6.45, 7) is 1.65. The van der Waals surface area contributed by atoms with Crippen molar-refractivity contribution in [3.8, 4) is 0 Å². The van der Waals surface area contributed by atoms with Crippen LogP contribution in [0.5, 0.6) is 0 Å². The maximum Gasteiger partial charge on any atom is 0.264 e. The van der Waals surface area contributed by atoms with Gasteiger partial charge < -0.3 is 5.73 Å². The van der Waals surface area contributed by atoms with Crippen molar-refractivity contribution < 1.29 is 17.6 Å². The number of carbonyl (C=O) groups is 1. The average molecular weight is 308 g/mol. The minimum atomic E-state index is -4.16. The van der Waals surface area contributed by atoms with Crippen LogP contribution in [-0.2, 0) is 10.0 Å². The Hall–Kier alpha value is -2.41. The highest BCUT2D eigenvalue weighted by Gasteiger charge is 2.21. The van der Waals surface area contributed by atoms with Gasteiger partial charge in [-0.25, -0.2) is 12.8 Å². The monoisotopic (exact) mass is 308 g/mol. The number of rotatable bonds is 4. The average Bonchev–Trinajstić information content (AvgIpc) is 2.41. The van der Waals surface area contributed by atoms with E-state index in [1.807, 2.05) is 0 Å². The Morgan fingerprint density at radius 3 is 2.52 bits per heavy atom. The number of primary amides is 1. The van der Waals surface area contributed by atoms with E-state index in [1.165, 1.54) is 30.3 Å². The third-order valence-corrected chi connectivity index (χ3v) is 4.19. The van der Waals surface area contributed by atoms with E-state index >= 15 is 0 Å². The van der Waals surface area contributed by atoms with E-state index in [0.717, 1.165) is 6.07 Å². The second-order valence-corrected chi connectivity index (χ2v) is 6.10. The van der Waals surface area contributed by atoms with Crippen LogP contribution >= 0.6 is 0 Å². The Bertz CT molecular complexity index is 804. The van der Waals surface area contributed by atoms with Gasteiger partial charge in [0.25, 0.3) is 15.9 Å². The SMILES string of the molecule is Cc1ccc(F)c(S(=O)(=O)Nc2ccccc2C(N)=O)c1. The van der Waals surface area contributed by atoms with E-state index < -0.39 is 26.6 Å². The van der Waals surface area contributed by atoms with Crippen LogP contribution in [0.15, 0.2) is 47.4 Å². The summed E-state index contributed by atoms with van der Waals surface area (Å²) in [7, 11) is -4.16. The molecule has 2 rings (SSSR count). The maximum absolute atomic E-state index is 13.7. The largest absolute Gasteiger partial charge is 0.366 e. The van der Waals surface area contributed by atoms with Crippen LogP contribution in [0.4, 0.5) is 10.1 Å². The Kier molecular flexibility index (Phi) is 3.95. The first kappa shape index (κ1) is 15.0. The van der Waals surface area contributed by atoms with Gasteiger partial charge in [-0.15, -0.1) is 0 Å². The number of para-hydroxylation sites is 1. The molecule has 3 N–H and O–H groups in total. The summed E-state index contributed by atoms with van der Waals surface area (Å²) < 4.78 is 40.4. The zero-order valence-corrected chi connectivity index (χ0v) is 11.9. The fourth-order valence-electron chi connectivity index (χ4n) is 1.80. The summed E-state index contributed by atoms with van der Waals surface area (Å²) >= 11 is 0. The first-order valence-electron chi connectivity index (χ1n) is 5.99. The molecule has 0 aliphatic heterocycles. The third-order valence-electron chi connectivity index (χ3n) is 2.81. The maximum atomic E-state index is 13.7. The van der Waals surface area contributed by atoms with Gasteiger partial charge in [-0.1, -0.05) is 18.2 Å². The predicted octanol–water partition coefficient (Wildman–Crippen LogP) is 2.03. The van der Waals surface area contributed by atoms with Crippen molar-refractivity contribution in [2.75, 3.05) is 4.72 Å². The number of anilines is 1. The van der Waals surface area contributed by atoms with Crippen molar-refractivity contribution in [3.63, 3.8) is 0 Å². The van der Waals surface area contributed by atoms with Crippen LogP contribution in [0.25, 0.3) is 0 Å². The number of amides is 1. The van der Waals surface area contributed by atoms with Crippen molar-refractivity contribution >= 4 is 21.6 Å². The van der Waals surface area contributed by atoms with E-state index in [-0.39, 0.29) is 11.3 Å². The lowest BCUT2D eigenvalue weighted by Crippen LogP contribution is -2.19. The number of carbonyl (C=O) groups excluding carboxylic acids is 1. The molecule has 1 amide bonds. The van der Waals surface area contributed by atoms with Gasteiger partial charge in [-0.2, -0.15) is 0 Å². The van der Waals surface area contributed by atoms with Gasteiger partial charge in [0.1, 0.15) is 10.7 Å². The van der Waals surface area contributed by atoms with Crippen LogP contribution in [-0.4, -0.2) is 14.3 Å². The summed E-state index contributed by atoms with van der Waals surface area (Å²) in [5.74, 6) is -1.65. The molecule has 0 atom stereocenters. The fourth-order valence-corrected chi connectivity index (χ4v) is 3.05. The summed E-state index contributed by atoms with van der Waals surface area (Å²) in [4.78, 5) is 10.8. The second kappa shape index (κ2) is 5.53. The van der Waals surface area contributed by atoms with Gasteiger partial charge in [0.15, 0.2) is 0 Å². The topological polar surface area (TPSA) is 89.3 Å². The van der Waals surface area contributed by atoms with Gasteiger partial charge >= 0.3 is 0 Å². The molecule has 110 valence electrons. The quantitative estimate of drug-likeness (QED) is 0.905. The molecule has 0 heterocycles. The van der Waals surface area contributed by atoms with Crippen LogP contribution in [0, 0.1) is 12.7 Å². The molecule has 0 bridgehead atoms. The fraction of sp³-hybridized carbons (Fsp3) is 0.0714. The molecule has 2 aromatic rings. The Morgan fingerprint density at radius 2 is 1.86 bits per heavy atom. The van der Waals surface area contributed by atoms with Crippen molar-refractivity contribution in [2.45, 2.75) is 11.8 Å². The third kappa shape index (κ3) is 3.19. The molecule has 0 saturated heterocycles. The molecule has 0 aromatic heterocycles. The van der Waals surface area contributed by atoms with Gasteiger partial charge in [-0.3, -0.25) is 9.52 Å². The summed E-state index contributed by atoms with van der Waals surface area (Å²) in [6, 6.07) is 9.60. The van der Waals surface area contributed by atoms with Gasteiger partial charge in [0.05, 0.1) is 11.3 Å². The molecule has 0 saturated carbocycles. The lowest BCUT2D eigenvalue weighted by Gasteiger charge is -2.11. The smallest absolute Gasteiger partial charge is 0.264 e. The number of nitrogens with one attached hydrogen (secondary N) is 1. The molecule has 0 spiro atoms. The molecule has 0 aliphatic rings. The Labute approximate surface area is 121 Å². The molecule has 0 unspecified atom stereocenters. The first-order chi connectivity index (χ1) is 9.81. The minimum absolute atomic E-state index is 0.00547. The number of nitrogens with two attached hydrogens (primary N) is 1. The highest BCUT2D eigenvalue weighted by atomic mass is 32.2. The van der Waals surface area contributed by atoms with E-state index in [1.54, 1.807) is 13.0 Å². The van der Waals surface area contributed by atoms with Crippen LogP contribution in [0.2, 0.25) is 0 Å². The van der Waals surface area contributed by atoms with Crippen LogP contribution in [0.3, 0.4) is 0 Å². The van der Waals surface area contributed by atoms with Crippen LogP contribution < -0.4 is 10.5 Å². The predicted molar refractivity (Wildman–Crippen MR) is 76.9 cm³/mol. The lowest BCUT2D eigenvalue weighted by molar-refractivity contribution is 0.100. The number of benzene rings is 2. The number of hydrogen-bond acceptors (Lipinski definition) is 3. The molecule has 21 heavy (non-hydrogen) atoms. The summed E-state index contributed by atoms with van der Waals surface area (Å²) in [5.41, 5.74) is 5.79. The number of sulfonamides is 1. The van der Waals surface area contributed by atoms with E-state index in [2.05, 4.69) is 4.72 Å². The van der Waals surface area contributed by atoms with Crippen molar-refractivity contribution in [2.24, 2.45) is 5.73 Å². The second-order valence-electron chi connectivity index (χ2n) is 4.45. The highest BCUT2D eigenvalue weighted by molar-refractivity contribution is 7.92. The molecule has 5 nitrogen and oxygen atoms in total. The Balaban J connectivity index is 2.48. The molecule has 0 aliphatic carbocycles. The molecule has 0 fully saturated rings. The molecule has 7 heteroatoms. The Morgan fingerprint density at radius 1 is 1.19 bits per heavy atom. The first-order valence-corrected chi connectivity index (χ1v) is 7.47. The number of hydrogen-bond donors (Lipinski definition) is 2. The highest BCUT2D eigenvalue weighted by Crippen LogP contribution is 2.22. The van der Waals surface area contributed by atoms with Crippen molar-refractivity contribution in [3.05, 3.63) is 59.4 Å². The van der Waals surface area contributed by atoms with Crippen molar-refractivity contribution in [1.82, 2.24) is 0 Å². The molecular weight excluding hydrogens is 295 g/mol. The lowest BCUT2D eigenvalue weighted by atomic mass is 10.2. The number of halogens is 1. The van der Waals surface area contributed by atoms with Crippen LogP contribution in [0.1, 0.15) is 15.9 Å². The van der Waals surface area contributed by atoms with Gasteiger partial charge in [0, 0.05) is 0 Å². The van der Waals surface area contributed by atoms with Crippen molar-refractivity contribution in [1.29, 1.82) is 0 Å². The van der Waals surface area contributed by atoms with E-state index in [9.17, 15) is 17.6 Å². The van der Waals surface area contributed by atoms with E-state index in [0.29, 0.717) is 5.56 Å². The standard InChI is InChI=1S/C14H13FN2O3S/c1-9-6-7-11(15)13(8-9)21(19,20)17-12-5-3-2-4-10(12)14(16)18/h2-8,17H,1H3,(H2,16,18). The number of aryl methyl sites for hydroxylation is 1. The van der Waals surface area contributed by atoms with Gasteiger partial charge in [-0.05, 0) is 36.8 Å². The minimum Gasteiger partial charge on any atom is -0.366 e. The van der Waals surface area contributed by atoms with Gasteiger partial charge in [0.2, 0.25) is 0 Å². The zero-order chi connectivity index (χ0) is 15.6. The van der Waals surface area contributed by atoms with E-state index in [4.69, 9.17) is 5.73 Å². The molecule has 0 radical (unpaired) electrons. The summed E-state index contributed by atoms with van der Waals surface area (Å²) in [6.07, 6.45) is 0. The zero-order valence-electron chi connectivity index (χ0n) is 11.1.